The lowest BCUT2D eigenvalue weighted by molar-refractivity contribution is 0.626. The molecule has 0 aliphatic heterocycles. The minimum absolute atomic E-state index is 0.263. The van der Waals surface area contributed by atoms with Crippen LogP contribution in [-0.4, -0.2) is 24.9 Å². The number of nitriles is 1. The van der Waals surface area contributed by atoms with E-state index in [1.165, 1.54) is 12.1 Å². The van der Waals surface area contributed by atoms with Crippen molar-refractivity contribution in [3.05, 3.63) is 65.5 Å². The van der Waals surface area contributed by atoms with Crippen molar-refractivity contribution >= 4 is 29.2 Å². The van der Waals surface area contributed by atoms with Gasteiger partial charge in [0.05, 0.1) is 18.7 Å². The molecule has 134 valence electrons. The maximum absolute atomic E-state index is 12.8. The highest BCUT2D eigenvalue weighted by Gasteiger charge is 2.00. The van der Waals surface area contributed by atoms with Gasteiger partial charge >= 0.3 is 0 Å². The molecule has 0 aliphatic rings. The van der Waals surface area contributed by atoms with Crippen molar-refractivity contribution < 1.29 is 4.39 Å². The van der Waals surface area contributed by atoms with E-state index >= 15 is 0 Å². The van der Waals surface area contributed by atoms with E-state index in [1.54, 1.807) is 18.3 Å². The van der Waals surface area contributed by atoms with Crippen LogP contribution in [0.2, 0.25) is 0 Å². The monoisotopic (exact) mass is 369 g/mol. The lowest BCUT2D eigenvalue weighted by Gasteiger charge is -2.17. The molecule has 0 fully saturated rings. The quantitative estimate of drug-likeness (QED) is 0.446. The Morgan fingerprint density at radius 1 is 1.23 bits per heavy atom. The summed E-state index contributed by atoms with van der Waals surface area (Å²) in [6.07, 6.45) is 2.16. The summed E-state index contributed by atoms with van der Waals surface area (Å²) in [7, 11) is 1.95. The van der Waals surface area contributed by atoms with Gasteiger partial charge in [-0.3, -0.25) is 5.43 Å². The van der Waals surface area contributed by atoms with Crippen molar-refractivity contribution in [2.75, 3.05) is 18.5 Å². The molecular weight excluding hydrogens is 349 g/mol. The van der Waals surface area contributed by atoms with Crippen molar-refractivity contribution in [1.29, 1.82) is 5.26 Å². The van der Waals surface area contributed by atoms with Crippen molar-refractivity contribution in [3.8, 4) is 6.07 Å². The van der Waals surface area contributed by atoms with Crippen molar-refractivity contribution in [2.45, 2.75) is 13.0 Å². The fourth-order valence-electron chi connectivity index (χ4n) is 2.15. The van der Waals surface area contributed by atoms with Gasteiger partial charge in [0.2, 0.25) is 0 Å². The number of anilines is 1. The minimum atomic E-state index is -0.263. The average molecular weight is 369 g/mol. The Bertz CT molecular complexity index is 781. The lowest BCUT2D eigenvalue weighted by Crippen LogP contribution is -2.31. The number of nitrogens with one attached hydrogen (secondary N) is 2. The van der Waals surface area contributed by atoms with Crippen LogP contribution >= 0.6 is 12.2 Å². The number of hydrogen-bond donors (Lipinski definition) is 2. The molecule has 0 atom stereocenters. The van der Waals surface area contributed by atoms with Gasteiger partial charge in [0, 0.05) is 25.8 Å². The summed E-state index contributed by atoms with van der Waals surface area (Å²) < 4.78 is 12.8. The van der Waals surface area contributed by atoms with E-state index in [0.717, 1.165) is 16.8 Å². The second-order valence-electron chi connectivity index (χ2n) is 5.60. The van der Waals surface area contributed by atoms with E-state index in [4.69, 9.17) is 17.5 Å². The normalized spacial score (nSPS) is 10.3. The summed E-state index contributed by atoms with van der Waals surface area (Å²) in [6.45, 7) is 1.19. The molecule has 0 spiro atoms. The molecule has 5 nitrogen and oxygen atoms in total. The van der Waals surface area contributed by atoms with E-state index in [2.05, 4.69) is 21.9 Å². The van der Waals surface area contributed by atoms with Crippen LogP contribution in [0, 0.1) is 17.1 Å². The third kappa shape index (κ3) is 6.49. The molecule has 0 radical (unpaired) electrons. The molecule has 0 heterocycles. The fourth-order valence-corrected chi connectivity index (χ4v) is 2.28. The molecule has 26 heavy (non-hydrogen) atoms. The number of thiocarbonyl (C=S) groups is 1. The zero-order valence-corrected chi connectivity index (χ0v) is 15.3. The van der Waals surface area contributed by atoms with Gasteiger partial charge in [-0.2, -0.15) is 10.4 Å². The molecule has 2 aromatic rings. The van der Waals surface area contributed by atoms with Crippen LogP contribution in [-0.2, 0) is 6.54 Å². The van der Waals surface area contributed by atoms with Gasteiger partial charge in [-0.1, -0.05) is 24.3 Å². The van der Waals surface area contributed by atoms with Gasteiger partial charge in [-0.25, -0.2) is 4.39 Å². The van der Waals surface area contributed by atoms with E-state index in [-0.39, 0.29) is 5.82 Å². The van der Waals surface area contributed by atoms with Crippen LogP contribution in [0.5, 0.6) is 0 Å². The average Bonchev–Trinajstić information content (AvgIpc) is 2.66. The molecule has 7 heteroatoms. The number of hydrazone groups is 1. The van der Waals surface area contributed by atoms with Gasteiger partial charge in [-0.05, 0) is 47.6 Å². The first-order valence-corrected chi connectivity index (χ1v) is 8.49. The first-order valence-electron chi connectivity index (χ1n) is 8.08. The summed E-state index contributed by atoms with van der Waals surface area (Å²) in [5.74, 6) is -0.263. The zero-order valence-electron chi connectivity index (χ0n) is 14.4. The molecule has 0 aliphatic carbocycles. The maximum atomic E-state index is 12.8. The molecule has 0 unspecified atom stereocenters. The second kappa shape index (κ2) is 10.1. The van der Waals surface area contributed by atoms with E-state index in [0.29, 0.717) is 24.6 Å². The largest absolute Gasteiger partial charge is 0.374 e. The Morgan fingerprint density at radius 2 is 1.92 bits per heavy atom. The van der Waals surface area contributed by atoms with Crippen molar-refractivity contribution in [1.82, 2.24) is 10.7 Å². The molecule has 0 amide bonds. The van der Waals surface area contributed by atoms with Gasteiger partial charge in [0.15, 0.2) is 5.11 Å². The highest BCUT2D eigenvalue weighted by Crippen LogP contribution is 2.13. The number of rotatable bonds is 7. The molecule has 2 rings (SSSR count). The first-order chi connectivity index (χ1) is 12.6. The summed E-state index contributed by atoms with van der Waals surface area (Å²) in [5.41, 5.74) is 5.64. The van der Waals surface area contributed by atoms with Gasteiger partial charge in [0.1, 0.15) is 5.82 Å². The summed E-state index contributed by atoms with van der Waals surface area (Å²) in [5, 5.41) is 16.1. The molecule has 0 saturated heterocycles. The Kier molecular flexibility index (Phi) is 7.52. The minimum Gasteiger partial charge on any atom is -0.374 e. The van der Waals surface area contributed by atoms with E-state index < -0.39 is 0 Å². The molecular formula is C19H20FN5S. The number of halogens is 1. The van der Waals surface area contributed by atoms with Crippen LogP contribution < -0.4 is 15.6 Å². The predicted octanol–water partition coefficient (Wildman–Crippen LogP) is 3.17. The smallest absolute Gasteiger partial charge is 0.187 e. The van der Waals surface area contributed by atoms with Crippen molar-refractivity contribution in [2.24, 2.45) is 5.10 Å². The zero-order chi connectivity index (χ0) is 18.8. The van der Waals surface area contributed by atoms with Crippen LogP contribution in [0.1, 0.15) is 17.5 Å². The summed E-state index contributed by atoms with van der Waals surface area (Å²) in [4.78, 5) is 2.02. The Balaban J connectivity index is 1.77. The van der Waals surface area contributed by atoms with Crippen molar-refractivity contribution in [3.63, 3.8) is 0 Å². The van der Waals surface area contributed by atoms with E-state index in [9.17, 15) is 4.39 Å². The highest BCUT2D eigenvalue weighted by atomic mass is 32.1. The summed E-state index contributed by atoms with van der Waals surface area (Å²) >= 11 is 5.15. The third-order valence-electron chi connectivity index (χ3n) is 3.64. The Labute approximate surface area is 158 Å². The Hall–Kier alpha value is -2.98. The predicted molar refractivity (Wildman–Crippen MR) is 107 cm³/mol. The fraction of sp³-hybridized carbons (Fsp3) is 0.211. The summed E-state index contributed by atoms with van der Waals surface area (Å²) in [6, 6.07) is 16.2. The first kappa shape index (κ1) is 19.3. The van der Waals surface area contributed by atoms with Crippen LogP contribution in [0.25, 0.3) is 0 Å². The second-order valence-corrected chi connectivity index (χ2v) is 6.01. The Morgan fingerprint density at radius 3 is 2.58 bits per heavy atom. The van der Waals surface area contributed by atoms with E-state index in [1.807, 2.05) is 36.2 Å². The van der Waals surface area contributed by atoms with Gasteiger partial charge < -0.3 is 10.2 Å². The third-order valence-corrected chi connectivity index (χ3v) is 3.87. The number of benzene rings is 2. The van der Waals surface area contributed by atoms with Crippen LogP contribution in [0.4, 0.5) is 10.1 Å². The topological polar surface area (TPSA) is 63.5 Å². The molecule has 2 aromatic carbocycles. The number of hydrogen-bond acceptors (Lipinski definition) is 4. The van der Waals surface area contributed by atoms with Gasteiger partial charge in [-0.15, -0.1) is 0 Å². The molecule has 0 bridgehead atoms. The van der Waals surface area contributed by atoms with Crippen LogP contribution in [0.15, 0.2) is 53.6 Å². The number of nitrogens with zero attached hydrogens (tertiary/aromatic N) is 3. The maximum Gasteiger partial charge on any atom is 0.187 e. The highest BCUT2D eigenvalue weighted by molar-refractivity contribution is 7.80. The lowest BCUT2D eigenvalue weighted by atomic mass is 10.2. The SMILES string of the molecule is CN(CCC#N)c1ccc(/C=N\NC(=S)NCc2ccc(F)cc2)cc1. The molecule has 0 aromatic heterocycles. The van der Waals surface area contributed by atoms with Crippen LogP contribution in [0.3, 0.4) is 0 Å². The van der Waals surface area contributed by atoms with Gasteiger partial charge in [0.25, 0.3) is 0 Å². The molecule has 0 saturated carbocycles. The standard InChI is InChI=1S/C19H20FN5S/c1-25(12-2-11-21)18-9-5-16(6-10-18)14-23-24-19(26)22-13-15-3-7-17(20)8-4-15/h3-10,14H,2,12-13H2,1H3,(H2,22,24,26)/b23-14-. The molecule has 2 N–H and O–H groups in total.